The molecule has 15 nitrogen and oxygen atoms in total. The number of thioether (sulfide) groups is 1. The van der Waals surface area contributed by atoms with E-state index in [-0.39, 0.29) is 44.3 Å². The lowest BCUT2D eigenvalue weighted by Crippen LogP contribution is -2.39. The van der Waals surface area contributed by atoms with Gasteiger partial charge in [-0.15, -0.1) is 0 Å². The average Bonchev–Trinajstić information content (AvgIpc) is 3.97. The van der Waals surface area contributed by atoms with Gasteiger partial charge in [0.2, 0.25) is 5.95 Å². The maximum absolute atomic E-state index is 13.2. The van der Waals surface area contributed by atoms with Gasteiger partial charge in [0.25, 0.3) is 14.4 Å². The van der Waals surface area contributed by atoms with Crippen LogP contribution in [0.25, 0.3) is 11.2 Å². The first-order valence-electron chi connectivity index (χ1n) is 22.7. The minimum absolute atomic E-state index is 0.0626. The number of aryl methyl sites for hydroxylation is 1. The second kappa shape index (κ2) is 24.1. The average molecular weight is 962 g/mol. The molecule has 4 atom stereocenters. The van der Waals surface area contributed by atoms with E-state index in [1.165, 1.54) is 0 Å². The van der Waals surface area contributed by atoms with Gasteiger partial charge in [-0.2, -0.15) is 22.0 Å². The van der Waals surface area contributed by atoms with E-state index in [0.29, 0.717) is 46.9 Å². The number of amides is 1. The van der Waals surface area contributed by atoms with Crippen LogP contribution in [0.1, 0.15) is 69.1 Å². The number of nitrogens with one attached hydrogen (secondary N) is 1. The summed E-state index contributed by atoms with van der Waals surface area (Å²) in [5.41, 5.74) is 3.29. The number of nitriles is 1. The van der Waals surface area contributed by atoms with Crippen LogP contribution in [-0.4, -0.2) is 100 Å². The van der Waals surface area contributed by atoms with Crippen molar-refractivity contribution in [2.75, 3.05) is 51.4 Å². The quantitative estimate of drug-likeness (QED) is 0.0346. The Labute approximate surface area is 404 Å². The molecule has 1 amide bonds. The van der Waals surface area contributed by atoms with Crippen molar-refractivity contribution in [1.82, 2.24) is 24.2 Å². The number of aromatic nitrogens is 4. The summed E-state index contributed by atoms with van der Waals surface area (Å²) in [4.78, 5) is 27.7. The first kappa shape index (κ1) is 50.3. The number of ether oxygens (including phenoxy) is 5. The number of para-hydroxylation sites is 1. The molecule has 0 aliphatic carbocycles. The number of fused-ring (bicyclic) bond motifs is 1. The molecule has 1 unspecified atom stereocenters. The molecule has 4 aromatic carbocycles. The molecule has 3 heterocycles. The molecular formula is C51H60N7O8PS. The van der Waals surface area contributed by atoms with Crippen molar-refractivity contribution in [2.24, 2.45) is 0 Å². The monoisotopic (exact) mass is 961 g/mol. The molecule has 0 spiro atoms. The molecule has 7 rings (SSSR count). The lowest BCUT2D eigenvalue weighted by molar-refractivity contribution is -0.118. The molecule has 1 aliphatic rings. The summed E-state index contributed by atoms with van der Waals surface area (Å²) >= 11 is 1.69. The highest BCUT2D eigenvalue weighted by molar-refractivity contribution is 7.98. The Kier molecular flexibility index (Phi) is 17.8. The minimum Gasteiger partial charge on any atom is -0.497 e. The van der Waals surface area contributed by atoms with E-state index in [1.807, 2.05) is 95.8 Å². The molecule has 1 aliphatic heterocycles. The van der Waals surface area contributed by atoms with Gasteiger partial charge in [0.15, 0.2) is 12.3 Å². The second-order valence-electron chi connectivity index (χ2n) is 16.6. The number of carbonyl (C=O) groups excluding carboxylic acids is 1. The van der Waals surface area contributed by atoms with Crippen LogP contribution >= 0.6 is 20.3 Å². The van der Waals surface area contributed by atoms with Crippen molar-refractivity contribution in [3.63, 3.8) is 0 Å². The van der Waals surface area contributed by atoms with E-state index >= 15 is 0 Å². The summed E-state index contributed by atoms with van der Waals surface area (Å²) < 4.78 is 49.1. The number of imidazole rings is 1. The zero-order chi connectivity index (χ0) is 48.0. The smallest absolute Gasteiger partial charge is 0.264 e. The van der Waals surface area contributed by atoms with Gasteiger partial charge in [0, 0.05) is 24.9 Å². The third-order valence-corrected chi connectivity index (χ3v) is 14.2. The largest absolute Gasteiger partial charge is 0.497 e. The number of methoxy groups -OCH3 is 2. The molecule has 2 aromatic heterocycles. The standard InChI is InChI=1S/C51H60N7O8PS/c1-35(2)58(36(3)4)67(64-29-14-28-52)66-44-31-47(57-34-53-48-43(27-30-68-7)54-50(56-49(48)57)55-46(59)33-62-42-17-12-9-13-18-42)65-45(44)32-63-51(37-15-10-8-11-16-37,38-19-23-40(60-5)24-20-38)39-21-25-41(61-6)26-22-39/h8-13,15-26,34-36,44-45,47H,14,27,29-33H2,1-7H3,(H,54,55,56,59)/t44-,45+,47+,67?/m0/s1. The summed E-state index contributed by atoms with van der Waals surface area (Å²) in [6, 6.07) is 37.4. The number of carbonyl (C=O) groups is 1. The highest BCUT2D eigenvalue weighted by Crippen LogP contribution is 2.51. The Bertz CT molecular complexity index is 2510. The lowest BCUT2D eigenvalue weighted by Gasteiger charge is -2.39. The van der Waals surface area contributed by atoms with Gasteiger partial charge < -0.3 is 32.7 Å². The van der Waals surface area contributed by atoms with Crippen molar-refractivity contribution < 1.29 is 37.5 Å². The Balaban J connectivity index is 1.29. The summed E-state index contributed by atoms with van der Waals surface area (Å²) in [6.45, 7) is 8.48. The maximum atomic E-state index is 13.2. The van der Waals surface area contributed by atoms with Crippen LogP contribution in [0.5, 0.6) is 17.2 Å². The fourth-order valence-electron chi connectivity index (χ4n) is 8.26. The minimum atomic E-state index is -1.69. The lowest BCUT2D eigenvalue weighted by atomic mass is 9.80. The topological polar surface area (TPSA) is 164 Å². The summed E-state index contributed by atoms with van der Waals surface area (Å²) in [6.07, 6.45) is 3.05. The molecule has 0 saturated carbocycles. The van der Waals surface area contributed by atoms with Gasteiger partial charge >= 0.3 is 0 Å². The van der Waals surface area contributed by atoms with Crippen LogP contribution < -0.4 is 19.5 Å². The molecule has 17 heteroatoms. The maximum Gasteiger partial charge on any atom is 0.264 e. The zero-order valence-electron chi connectivity index (χ0n) is 39.6. The molecule has 0 bridgehead atoms. The van der Waals surface area contributed by atoms with Crippen LogP contribution in [0.3, 0.4) is 0 Å². The molecular weight excluding hydrogens is 902 g/mol. The zero-order valence-corrected chi connectivity index (χ0v) is 41.3. The van der Waals surface area contributed by atoms with Crippen LogP contribution in [0.4, 0.5) is 5.95 Å². The molecule has 0 radical (unpaired) electrons. The summed E-state index contributed by atoms with van der Waals surface area (Å²) in [5, 5.41) is 12.4. The number of hydrogen-bond acceptors (Lipinski definition) is 14. The molecule has 1 N–H and O–H groups in total. The third-order valence-electron chi connectivity index (χ3n) is 11.4. The summed E-state index contributed by atoms with van der Waals surface area (Å²) in [5.74, 6) is 2.50. The highest BCUT2D eigenvalue weighted by atomic mass is 32.2. The normalized spacial score (nSPS) is 16.6. The Hall–Kier alpha value is -5.63. The fourth-order valence-corrected chi connectivity index (χ4v) is 10.4. The Morgan fingerprint density at radius 1 is 0.897 bits per heavy atom. The predicted molar refractivity (Wildman–Crippen MR) is 265 cm³/mol. The van der Waals surface area contributed by atoms with Crippen LogP contribution in [0.2, 0.25) is 0 Å². The number of nitrogens with zero attached hydrogens (tertiary/aromatic N) is 6. The van der Waals surface area contributed by atoms with E-state index < -0.39 is 38.5 Å². The van der Waals surface area contributed by atoms with E-state index in [1.54, 1.807) is 44.4 Å². The Morgan fingerprint density at radius 2 is 1.51 bits per heavy atom. The van der Waals surface area contributed by atoms with Gasteiger partial charge in [0.1, 0.15) is 40.7 Å². The first-order chi connectivity index (χ1) is 33.1. The van der Waals surface area contributed by atoms with E-state index in [0.717, 1.165) is 22.4 Å². The highest BCUT2D eigenvalue weighted by Gasteiger charge is 2.45. The van der Waals surface area contributed by atoms with Gasteiger partial charge in [0.05, 0.1) is 58.0 Å². The van der Waals surface area contributed by atoms with E-state index in [9.17, 15) is 10.1 Å². The molecule has 1 saturated heterocycles. The van der Waals surface area contributed by atoms with Gasteiger partial charge in [-0.1, -0.05) is 72.8 Å². The molecule has 6 aromatic rings. The molecule has 1 fully saturated rings. The van der Waals surface area contributed by atoms with E-state index in [2.05, 4.69) is 55.9 Å². The number of benzene rings is 4. The van der Waals surface area contributed by atoms with Crippen LogP contribution in [0, 0.1) is 11.3 Å². The third kappa shape index (κ3) is 12.0. The van der Waals surface area contributed by atoms with Gasteiger partial charge in [-0.05, 0) is 92.8 Å². The first-order valence-corrected chi connectivity index (χ1v) is 25.2. The fraction of sp³-hybridized carbons (Fsp3) is 0.392. The van der Waals surface area contributed by atoms with Gasteiger partial charge in [-0.25, -0.2) is 14.6 Å². The SMILES string of the molecule is COc1ccc(C(OC[C@H]2O[C@@H](n3cnc4c(CCSC)nc(NC(=O)COc5ccccc5)nc43)C[C@@H]2OP(OCCC#N)N(C(C)C)C(C)C)(c2ccccc2)c2ccc(OC)cc2)cc1. The van der Waals surface area contributed by atoms with Crippen molar-refractivity contribution in [3.05, 3.63) is 138 Å². The van der Waals surface area contributed by atoms with Crippen molar-refractivity contribution in [1.29, 1.82) is 5.26 Å². The molecule has 68 heavy (non-hydrogen) atoms. The number of anilines is 1. The van der Waals surface area contributed by atoms with Crippen molar-refractivity contribution in [2.45, 2.75) is 83.1 Å². The van der Waals surface area contributed by atoms with Crippen molar-refractivity contribution in [3.8, 4) is 23.3 Å². The van der Waals surface area contributed by atoms with Crippen LogP contribution in [0.15, 0.2) is 116 Å². The van der Waals surface area contributed by atoms with Gasteiger partial charge in [-0.3, -0.25) is 14.7 Å². The second-order valence-corrected chi connectivity index (χ2v) is 19.0. The Morgan fingerprint density at radius 3 is 2.10 bits per heavy atom. The van der Waals surface area contributed by atoms with Crippen molar-refractivity contribution >= 4 is 43.3 Å². The summed E-state index contributed by atoms with van der Waals surface area (Å²) in [7, 11) is 1.60. The number of hydrogen-bond donors (Lipinski definition) is 1. The van der Waals surface area contributed by atoms with E-state index in [4.69, 9.17) is 47.7 Å². The predicted octanol–water partition coefficient (Wildman–Crippen LogP) is 9.72. The van der Waals surface area contributed by atoms with Crippen LogP contribution in [-0.2, 0) is 35.3 Å². The molecule has 358 valence electrons. The number of rotatable bonds is 24.